The second-order valence-electron chi connectivity index (χ2n) is 4.06. The summed E-state index contributed by atoms with van der Waals surface area (Å²) in [7, 11) is 1.65. The van der Waals surface area contributed by atoms with Crippen LogP contribution in [0.4, 0.5) is 5.69 Å². The fraction of sp³-hybridized carbons (Fsp3) is 0.333. The molecule has 0 saturated carbocycles. The van der Waals surface area contributed by atoms with Gasteiger partial charge >= 0.3 is 0 Å². The van der Waals surface area contributed by atoms with E-state index in [1.807, 2.05) is 0 Å². The van der Waals surface area contributed by atoms with Gasteiger partial charge in [0.1, 0.15) is 6.04 Å². The van der Waals surface area contributed by atoms with Gasteiger partial charge in [-0.05, 0) is 24.6 Å². The molecule has 17 heavy (non-hydrogen) atoms. The van der Waals surface area contributed by atoms with Gasteiger partial charge in [0.05, 0.1) is 0 Å². The minimum atomic E-state index is -0.374. The number of nitrogens with one attached hydrogen (secondary N) is 1. The van der Waals surface area contributed by atoms with E-state index in [1.54, 1.807) is 31.3 Å². The summed E-state index contributed by atoms with van der Waals surface area (Å²) in [5.41, 5.74) is 0.648. The number of carbonyl (C=O) groups is 2. The van der Waals surface area contributed by atoms with E-state index >= 15 is 0 Å². The van der Waals surface area contributed by atoms with Gasteiger partial charge in [-0.25, -0.2) is 0 Å². The van der Waals surface area contributed by atoms with Crippen molar-refractivity contribution in [2.24, 2.45) is 0 Å². The van der Waals surface area contributed by atoms with Crippen LogP contribution < -0.4 is 5.32 Å². The number of benzene rings is 1. The van der Waals surface area contributed by atoms with Crippen LogP contribution in [0.5, 0.6) is 0 Å². The number of likely N-dealkylation sites (N-methyl/N-ethyl adjacent to an activating group) is 1. The van der Waals surface area contributed by atoms with Gasteiger partial charge in [0.2, 0.25) is 11.8 Å². The van der Waals surface area contributed by atoms with Crippen molar-refractivity contribution in [3.63, 3.8) is 0 Å². The zero-order chi connectivity index (χ0) is 12.4. The number of halogens is 1. The zero-order valence-corrected chi connectivity index (χ0v) is 10.2. The lowest BCUT2D eigenvalue weighted by Gasteiger charge is -2.19. The SMILES string of the molecule is CN1C(=O)CCC1C(=O)Nc1cccc(Cl)c1. The monoisotopic (exact) mass is 252 g/mol. The van der Waals surface area contributed by atoms with Crippen molar-refractivity contribution >= 4 is 29.1 Å². The Bertz CT molecular complexity index is 462. The van der Waals surface area contributed by atoms with Crippen molar-refractivity contribution in [2.45, 2.75) is 18.9 Å². The molecule has 0 aliphatic carbocycles. The van der Waals surface area contributed by atoms with Crippen LogP contribution in [0.2, 0.25) is 5.02 Å². The van der Waals surface area contributed by atoms with E-state index in [-0.39, 0.29) is 17.9 Å². The highest BCUT2D eigenvalue weighted by atomic mass is 35.5. The summed E-state index contributed by atoms with van der Waals surface area (Å²) in [4.78, 5) is 24.7. The largest absolute Gasteiger partial charge is 0.334 e. The lowest BCUT2D eigenvalue weighted by Crippen LogP contribution is -2.38. The number of carbonyl (C=O) groups excluding carboxylic acids is 2. The van der Waals surface area contributed by atoms with Crippen LogP contribution >= 0.6 is 11.6 Å². The number of hydrogen-bond acceptors (Lipinski definition) is 2. The summed E-state index contributed by atoms with van der Waals surface area (Å²) in [6.07, 6.45) is 1.01. The van der Waals surface area contributed by atoms with Gasteiger partial charge < -0.3 is 10.2 Å². The molecule has 1 heterocycles. The zero-order valence-electron chi connectivity index (χ0n) is 9.44. The predicted molar refractivity (Wildman–Crippen MR) is 65.9 cm³/mol. The molecule has 1 aliphatic heterocycles. The number of amides is 2. The Morgan fingerprint density at radius 1 is 1.53 bits per heavy atom. The van der Waals surface area contributed by atoms with Gasteiger partial charge in [-0.15, -0.1) is 0 Å². The first-order chi connectivity index (χ1) is 8.08. The van der Waals surface area contributed by atoms with Crippen LogP contribution in [0.15, 0.2) is 24.3 Å². The van der Waals surface area contributed by atoms with E-state index in [0.29, 0.717) is 23.6 Å². The molecule has 2 rings (SSSR count). The van der Waals surface area contributed by atoms with Crippen LogP contribution in [0, 0.1) is 0 Å². The Hall–Kier alpha value is -1.55. The maximum atomic E-state index is 11.9. The molecule has 1 aliphatic rings. The fourth-order valence-corrected chi connectivity index (χ4v) is 2.09. The number of anilines is 1. The highest BCUT2D eigenvalue weighted by Crippen LogP contribution is 2.20. The average molecular weight is 253 g/mol. The van der Waals surface area contributed by atoms with Crippen LogP contribution in [-0.2, 0) is 9.59 Å². The molecule has 2 amide bonds. The van der Waals surface area contributed by atoms with Crippen molar-refractivity contribution < 1.29 is 9.59 Å². The van der Waals surface area contributed by atoms with Crippen molar-refractivity contribution in [3.05, 3.63) is 29.3 Å². The smallest absolute Gasteiger partial charge is 0.247 e. The molecule has 0 spiro atoms. The highest BCUT2D eigenvalue weighted by molar-refractivity contribution is 6.30. The van der Waals surface area contributed by atoms with Gasteiger partial charge in [-0.2, -0.15) is 0 Å². The van der Waals surface area contributed by atoms with E-state index in [2.05, 4.69) is 5.32 Å². The summed E-state index contributed by atoms with van der Waals surface area (Å²) in [6, 6.07) is 6.57. The molecular formula is C12H13ClN2O2. The molecule has 1 aromatic carbocycles. The summed E-state index contributed by atoms with van der Waals surface area (Å²) in [5, 5.41) is 3.33. The van der Waals surface area contributed by atoms with E-state index < -0.39 is 0 Å². The van der Waals surface area contributed by atoms with Crippen LogP contribution in [0.1, 0.15) is 12.8 Å². The molecule has 1 atom stereocenters. The molecule has 5 heteroatoms. The van der Waals surface area contributed by atoms with Gasteiger partial charge in [0.25, 0.3) is 0 Å². The summed E-state index contributed by atoms with van der Waals surface area (Å²) < 4.78 is 0. The lowest BCUT2D eigenvalue weighted by molar-refractivity contribution is -0.131. The fourth-order valence-electron chi connectivity index (χ4n) is 1.90. The molecule has 4 nitrogen and oxygen atoms in total. The Balaban J connectivity index is 2.05. The summed E-state index contributed by atoms with van der Waals surface area (Å²) in [6.45, 7) is 0. The Morgan fingerprint density at radius 2 is 2.29 bits per heavy atom. The number of hydrogen-bond donors (Lipinski definition) is 1. The third-order valence-electron chi connectivity index (χ3n) is 2.89. The first kappa shape index (κ1) is 11.9. The van der Waals surface area contributed by atoms with Crippen LogP contribution in [0.3, 0.4) is 0 Å². The molecule has 1 fully saturated rings. The standard InChI is InChI=1S/C12H13ClN2O2/c1-15-10(5-6-11(15)16)12(17)14-9-4-2-3-8(13)7-9/h2-4,7,10H,5-6H2,1H3,(H,14,17). The van der Waals surface area contributed by atoms with Gasteiger partial charge in [0.15, 0.2) is 0 Å². The molecule has 0 radical (unpaired) electrons. The molecule has 1 unspecified atom stereocenters. The molecule has 1 aromatic rings. The molecule has 0 bridgehead atoms. The Labute approximate surface area is 105 Å². The Morgan fingerprint density at radius 3 is 2.88 bits per heavy atom. The number of nitrogens with zero attached hydrogens (tertiary/aromatic N) is 1. The predicted octanol–water partition coefficient (Wildman–Crippen LogP) is 1.90. The molecule has 1 N–H and O–H groups in total. The minimum Gasteiger partial charge on any atom is -0.334 e. The van der Waals surface area contributed by atoms with Crippen molar-refractivity contribution in [1.82, 2.24) is 4.90 Å². The van der Waals surface area contributed by atoms with Crippen LogP contribution in [-0.4, -0.2) is 29.8 Å². The second kappa shape index (κ2) is 4.75. The molecule has 1 saturated heterocycles. The van der Waals surface area contributed by atoms with Crippen molar-refractivity contribution in [2.75, 3.05) is 12.4 Å². The third-order valence-corrected chi connectivity index (χ3v) is 3.12. The molecular weight excluding hydrogens is 240 g/mol. The minimum absolute atomic E-state index is 0.0104. The van der Waals surface area contributed by atoms with E-state index in [1.165, 1.54) is 4.90 Å². The summed E-state index contributed by atoms with van der Waals surface area (Å²) >= 11 is 5.82. The highest BCUT2D eigenvalue weighted by Gasteiger charge is 2.33. The third kappa shape index (κ3) is 2.58. The maximum absolute atomic E-state index is 11.9. The first-order valence-corrected chi connectivity index (χ1v) is 5.78. The van der Waals surface area contributed by atoms with E-state index in [0.717, 1.165) is 0 Å². The maximum Gasteiger partial charge on any atom is 0.247 e. The van der Waals surface area contributed by atoms with Gasteiger partial charge in [-0.1, -0.05) is 17.7 Å². The number of rotatable bonds is 2. The molecule has 90 valence electrons. The lowest BCUT2D eigenvalue weighted by atomic mass is 10.2. The van der Waals surface area contributed by atoms with Crippen LogP contribution in [0.25, 0.3) is 0 Å². The topological polar surface area (TPSA) is 49.4 Å². The normalized spacial score (nSPS) is 19.5. The number of likely N-dealkylation sites (tertiary alicyclic amines) is 1. The summed E-state index contributed by atoms with van der Waals surface area (Å²) in [5.74, 6) is -0.156. The van der Waals surface area contributed by atoms with Crippen molar-refractivity contribution in [1.29, 1.82) is 0 Å². The average Bonchev–Trinajstić information content (AvgIpc) is 2.60. The first-order valence-electron chi connectivity index (χ1n) is 5.40. The van der Waals surface area contributed by atoms with E-state index in [9.17, 15) is 9.59 Å². The van der Waals surface area contributed by atoms with E-state index in [4.69, 9.17) is 11.6 Å². The van der Waals surface area contributed by atoms with Gasteiger partial charge in [0, 0.05) is 24.2 Å². The quantitative estimate of drug-likeness (QED) is 0.874. The Kier molecular flexibility index (Phi) is 3.33. The van der Waals surface area contributed by atoms with Gasteiger partial charge in [-0.3, -0.25) is 9.59 Å². The second-order valence-corrected chi connectivity index (χ2v) is 4.50. The molecule has 0 aromatic heterocycles. The van der Waals surface area contributed by atoms with Crippen molar-refractivity contribution in [3.8, 4) is 0 Å².